The lowest BCUT2D eigenvalue weighted by Gasteiger charge is -2.39. The molecule has 4 rings (SSSR count). The second-order valence-corrected chi connectivity index (χ2v) is 11.0. The Morgan fingerprint density at radius 1 is 1.23 bits per heavy atom. The van der Waals surface area contributed by atoms with Crippen LogP contribution in [0.5, 0.6) is 5.75 Å². The second kappa shape index (κ2) is 10.5. The van der Waals surface area contributed by atoms with Crippen LogP contribution in [-0.4, -0.2) is 74.1 Å². The van der Waals surface area contributed by atoms with Crippen LogP contribution in [0.15, 0.2) is 29.3 Å². The summed E-state index contributed by atoms with van der Waals surface area (Å²) < 4.78 is 86.9. The fraction of sp³-hybridized carbons (Fsp3) is 0.435. The Bertz CT molecular complexity index is 1420. The van der Waals surface area contributed by atoms with Gasteiger partial charge in [0.2, 0.25) is 10.0 Å². The van der Waals surface area contributed by atoms with Crippen molar-refractivity contribution in [2.24, 2.45) is 13.0 Å². The number of rotatable bonds is 3. The number of nitrogens with one attached hydrogen (secondary N) is 3. The molecule has 212 valence electrons. The highest BCUT2D eigenvalue weighted by molar-refractivity contribution is 7.89. The number of ether oxygens (including phenoxy) is 1. The van der Waals surface area contributed by atoms with Crippen molar-refractivity contribution in [2.75, 3.05) is 31.6 Å². The summed E-state index contributed by atoms with van der Waals surface area (Å²) in [6.45, 7) is -0.503. The number of sulfonamides is 1. The zero-order valence-corrected chi connectivity index (χ0v) is 21.6. The first kappa shape index (κ1) is 28.4. The Kier molecular flexibility index (Phi) is 7.62. The number of alkyl halides is 3. The summed E-state index contributed by atoms with van der Waals surface area (Å²) in [7, 11) is -2.86. The number of hydrogen-bond acceptors (Lipinski definition) is 6. The SMILES string of the molecule is Cc1cc(NC(=O)c2c3c(cn2C)S(=O)(=O)NC2CN(C(=O)C(=O)NCC(F)(F)F)CCC2CO3)ccc1F. The highest BCUT2D eigenvalue weighted by atomic mass is 32.2. The van der Waals surface area contributed by atoms with Crippen LogP contribution in [0, 0.1) is 18.7 Å². The zero-order chi connectivity index (χ0) is 28.7. The van der Waals surface area contributed by atoms with Crippen LogP contribution in [0.2, 0.25) is 0 Å². The third kappa shape index (κ3) is 6.16. The van der Waals surface area contributed by atoms with Crippen LogP contribution in [0.4, 0.5) is 23.2 Å². The van der Waals surface area contributed by atoms with Gasteiger partial charge in [0.25, 0.3) is 5.91 Å². The first-order chi connectivity index (χ1) is 18.2. The van der Waals surface area contributed by atoms with E-state index < -0.39 is 58.2 Å². The van der Waals surface area contributed by atoms with Gasteiger partial charge >= 0.3 is 18.0 Å². The topological polar surface area (TPSA) is 139 Å². The molecule has 3 N–H and O–H groups in total. The van der Waals surface area contributed by atoms with Gasteiger partial charge in [0, 0.05) is 44.0 Å². The molecule has 0 radical (unpaired) electrons. The van der Waals surface area contributed by atoms with Crippen molar-refractivity contribution in [1.82, 2.24) is 19.5 Å². The van der Waals surface area contributed by atoms with Crippen LogP contribution >= 0.6 is 0 Å². The molecule has 3 amide bonds. The normalized spacial score (nSPS) is 20.5. The minimum Gasteiger partial charge on any atom is -0.489 e. The summed E-state index contributed by atoms with van der Waals surface area (Å²) in [4.78, 5) is 38.0. The highest BCUT2D eigenvalue weighted by Gasteiger charge is 2.41. The van der Waals surface area contributed by atoms with Gasteiger partial charge in [-0.15, -0.1) is 0 Å². The van der Waals surface area contributed by atoms with Gasteiger partial charge in [-0.3, -0.25) is 14.4 Å². The number of benzene rings is 1. The van der Waals surface area contributed by atoms with Gasteiger partial charge in [0.1, 0.15) is 17.3 Å². The van der Waals surface area contributed by atoms with Crippen LogP contribution in [0.25, 0.3) is 0 Å². The third-order valence-corrected chi connectivity index (χ3v) is 7.94. The summed E-state index contributed by atoms with van der Waals surface area (Å²) in [6, 6.07) is 3.05. The molecule has 16 heteroatoms. The van der Waals surface area contributed by atoms with E-state index in [9.17, 15) is 40.4 Å². The van der Waals surface area contributed by atoms with Crippen molar-refractivity contribution in [1.29, 1.82) is 0 Å². The minimum atomic E-state index is -4.70. The molecule has 1 aromatic carbocycles. The molecular formula is C23H25F4N5O6S. The van der Waals surface area contributed by atoms with Gasteiger partial charge in [0.05, 0.1) is 6.61 Å². The van der Waals surface area contributed by atoms with E-state index in [1.54, 1.807) is 0 Å². The summed E-state index contributed by atoms with van der Waals surface area (Å²) in [5.41, 5.74) is 0.494. The summed E-state index contributed by atoms with van der Waals surface area (Å²) in [5.74, 6) is -4.48. The number of fused-ring (bicyclic) bond motifs is 2. The van der Waals surface area contributed by atoms with Crippen molar-refractivity contribution in [2.45, 2.75) is 30.5 Å². The largest absolute Gasteiger partial charge is 0.489 e. The van der Waals surface area contributed by atoms with E-state index in [1.807, 2.05) is 0 Å². The fourth-order valence-corrected chi connectivity index (χ4v) is 5.94. The lowest BCUT2D eigenvalue weighted by atomic mass is 9.93. The third-order valence-electron chi connectivity index (χ3n) is 6.46. The van der Waals surface area contributed by atoms with Gasteiger partial charge in [-0.2, -0.15) is 13.2 Å². The lowest BCUT2D eigenvalue weighted by Crippen LogP contribution is -2.58. The van der Waals surface area contributed by atoms with Gasteiger partial charge in [-0.05, 0) is 37.1 Å². The summed E-state index contributed by atoms with van der Waals surface area (Å²) in [6.07, 6.45) is -3.35. The van der Waals surface area contributed by atoms with Crippen LogP contribution in [-0.2, 0) is 26.7 Å². The van der Waals surface area contributed by atoms with E-state index in [4.69, 9.17) is 4.74 Å². The van der Waals surface area contributed by atoms with Crippen LogP contribution in [0.3, 0.4) is 0 Å². The molecule has 2 aliphatic heterocycles. The monoisotopic (exact) mass is 575 g/mol. The number of aromatic nitrogens is 1. The molecule has 2 aliphatic rings. The number of amides is 3. The lowest BCUT2D eigenvalue weighted by molar-refractivity contribution is -0.152. The predicted molar refractivity (Wildman–Crippen MR) is 128 cm³/mol. The van der Waals surface area contributed by atoms with Crippen molar-refractivity contribution in [3.63, 3.8) is 0 Å². The Morgan fingerprint density at radius 2 is 1.95 bits per heavy atom. The Labute approximate surface area is 220 Å². The van der Waals surface area contributed by atoms with E-state index in [0.717, 1.165) is 4.90 Å². The molecule has 2 aromatic rings. The average Bonchev–Trinajstić information content (AvgIpc) is 3.18. The first-order valence-electron chi connectivity index (χ1n) is 11.7. The van der Waals surface area contributed by atoms with Crippen molar-refractivity contribution in [3.8, 4) is 5.75 Å². The maximum Gasteiger partial charge on any atom is 0.405 e. The smallest absolute Gasteiger partial charge is 0.405 e. The van der Waals surface area contributed by atoms with Gasteiger partial charge in [0.15, 0.2) is 11.4 Å². The Balaban J connectivity index is 1.53. The van der Waals surface area contributed by atoms with E-state index in [0.29, 0.717) is 5.56 Å². The van der Waals surface area contributed by atoms with Gasteiger partial charge < -0.3 is 24.8 Å². The number of nitrogens with zero attached hydrogens (tertiary/aromatic N) is 2. The molecule has 0 saturated carbocycles. The number of halogens is 4. The van der Waals surface area contributed by atoms with Crippen LogP contribution < -0.4 is 20.1 Å². The quantitative estimate of drug-likeness (QED) is 0.373. The number of carbonyl (C=O) groups is 3. The number of carbonyl (C=O) groups excluding carboxylic acids is 3. The standard InChI is InChI=1S/C23H25F4N5O6S/c1-12-7-14(3-4-15(12)24)29-20(33)18-19-17(9-31(18)2)39(36,37)30-16-8-32(6-5-13(16)10-38-19)22(35)21(34)28-11-23(25,26)27/h3-4,7,9,13,16,30H,5-6,8,10-11H2,1-2H3,(H,28,34)(H,29,33). The molecule has 0 spiro atoms. The zero-order valence-electron chi connectivity index (χ0n) is 20.8. The number of hydrogen-bond donors (Lipinski definition) is 3. The molecule has 2 atom stereocenters. The van der Waals surface area contributed by atoms with E-state index >= 15 is 0 Å². The molecular weight excluding hydrogens is 550 g/mol. The van der Waals surface area contributed by atoms with Crippen molar-refractivity contribution >= 4 is 33.4 Å². The highest BCUT2D eigenvalue weighted by Crippen LogP contribution is 2.35. The van der Waals surface area contributed by atoms with Crippen molar-refractivity contribution < 1.29 is 45.1 Å². The second-order valence-electron chi connectivity index (χ2n) is 9.34. The maximum atomic E-state index is 13.6. The Hall–Kier alpha value is -3.66. The minimum absolute atomic E-state index is 0.0244. The van der Waals surface area contributed by atoms with E-state index in [1.165, 1.54) is 48.3 Å². The fourth-order valence-electron chi connectivity index (χ4n) is 4.45. The molecule has 1 saturated heterocycles. The summed E-state index contributed by atoms with van der Waals surface area (Å²) >= 11 is 0. The molecule has 1 fully saturated rings. The number of aryl methyl sites for hydroxylation is 2. The van der Waals surface area contributed by atoms with Gasteiger partial charge in [-0.25, -0.2) is 17.5 Å². The number of likely N-dealkylation sites (tertiary alicyclic amines) is 1. The molecule has 1 aromatic heterocycles. The maximum absolute atomic E-state index is 13.6. The molecule has 39 heavy (non-hydrogen) atoms. The van der Waals surface area contributed by atoms with E-state index in [-0.39, 0.29) is 48.1 Å². The Morgan fingerprint density at radius 3 is 2.62 bits per heavy atom. The first-order valence-corrected chi connectivity index (χ1v) is 13.2. The molecule has 0 aliphatic carbocycles. The summed E-state index contributed by atoms with van der Waals surface area (Å²) in [5, 5.41) is 4.11. The molecule has 0 bridgehead atoms. The molecule has 2 unspecified atom stereocenters. The number of anilines is 1. The molecule has 3 heterocycles. The van der Waals surface area contributed by atoms with Crippen molar-refractivity contribution in [3.05, 3.63) is 41.5 Å². The van der Waals surface area contributed by atoms with Gasteiger partial charge in [-0.1, -0.05) is 0 Å². The van der Waals surface area contributed by atoms with Crippen LogP contribution in [0.1, 0.15) is 22.5 Å². The number of piperidine rings is 1. The average molecular weight is 576 g/mol. The predicted octanol–water partition coefficient (Wildman–Crippen LogP) is 1.29. The molecule has 11 nitrogen and oxygen atoms in total. The van der Waals surface area contributed by atoms with E-state index in [2.05, 4.69) is 10.0 Å².